The van der Waals surface area contributed by atoms with Crippen molar-refractivity contribution in [3.05, 3.63) is 72.4 Å². The summed E-state index contributed by atoms with van der Waals surface area (Å²) in [5.41, 5.74) is 0.640. The molecule has 0 atom stereocenters. The van der Waals surface area contributed by atoms with Gasteiger partial charge in [0.25, 0.3) is 0 Å². The molecule has 0 saturated carbocycles. The molecule has 1 aromatic carbocycles. The van der Waals surface area contributed by atoms with Crippen LogP contribution >= 0.6 is 0 Å². The monoisotopic (exact) mass is 427 g/mol. The van der Waals surface area contributed by atoms with E-state index < -0.39 is 11.9 Å². The smallest absolute Gasteiger partial charge is 0.433 e. The molecule has 0 saturated heterocycles. The van der Waals surface area contributed by atoms with Gasteiger partial charge in [-0.1, -0.05) is 6.07 Å². The zero-order chi connectivity index (χ0) is 22.0. The van der Waals surface area contributed by atoms with Crippen LogP contribution in [0.4, 0.5) is 18.9 Å². The molecular weight excluding hydrogens is 411 g/mol. The minimum Gasteiger partial charge on any atom is -0.438 e. The Morgan fingerprint density at radius 3 is 2.52 bits per heavy atom. The summed E-state index contributed by atoms with van der Waals surface area (Å²) in [6.45, 7) is 0. The lowest BCUT2D eigenvalue weighted by molar-refractivity contribution is -0.141. The van der Waals surface area contributed by atoms with E-state index in [4.69, 9.17) is 4.74 Å². The number of aromatic nitrogens is 4. The van der Waals surface area contributed by atoms with Crippen molar-refractivity contribution in [3.63, 3.8) is 0 Å². The molecule has 158 valence electrons. The number of ether oxygens (including phenoxy) is 1. The van der Waals surface area contributed by atoms with Crippen molar-refractivity contribution in [1.29, 1.82) is 0 Å². The SMILES string of the molecule is Cn1ccc2c(Oc3ccc(NC(=O)Cc4ccc(C(F)(F)F)nc4)cc3)ncnc21. The van der Waals surface area contributed by atoms with Gasteiger partial charge < -0.3 is 14.6 Å². The van der Waals surface area contributed by atoms with Gasteiger partial charge in [0.1, 0.15) is 23.4 Å². The number of alkyl halides is 3. The van der Waals surface area contributed by atoms with Gasteiger partial charge in [-0.05, 0) is 42.0 Å². The molecule has 31 heavy (non-hydrogen) atoms. The van der Waals surface area contributed by atoms with E-state index in [9.17, 15) is 18.0 Å². The molecule has 10 heteroatoms. The topological polar surface area (TPSA) is 81.9 Å². The van der Waals surface area contributed by atoms with Crippen LogP contribution in [-0.2, 0) is 24.4 Å². The number of anilines is 1. The summed E-state index contributed by atoms with van der Waals surface area (Å²) in [5.74, 6) is 0.558. The van der Waals surface area contributed by atoms with Gasteiger partial charge in [0.2, 0.25) is 11.8 Å². The second kappa shape index (κ2) is 8.05. The molecule has 7 nitrogen and oxygen atoms in total. The van der Waals surface area contributed by atoms with Crippen molar-refractivity contribution >= 4 is 22.6 Å². The minimum absolute atomic E-state index is 0.101. The average molecular weight is 427 g/mol. The number of hydrogen-bond donors (Lipinski definition) is 1. The number of amides is 1. The number of nitrogens with one attached hydrogen (secondary N) is 1. The number of hydrogen-bond acceptors (Lipinski definition) is 5. The summed E-state index contributed by atoms with van der Waals surface area (Å²) in [7, 11) is 1.87. The van der Waals surface area contributed by atoms with E-state index in [-0.39, 0.29) is 12.3 Å². The molecule has 0 aliphatic carbocycles. The summed E-state index contributed by atoms with van der Waals surface area (Å²) < 4.78 is 45.4. The highest BCUT2D eigenvalue weighted by Crippen LogP contribution is 2.28. The Morgan fingerprint density at radius 2 is 1.84 bits per heavy atom. The molecule has 0 unspecified atom stereocenters. The van der Waals surface area contributed by atoms with Gasteiger partial charge in [-0.25, -0.2) is 9.97 Å². The third kappa shape index (κ3) is 4.63. The molecule has 0 aliphatic heterocycles. The van der Waals surface area contributed by atoms with Crippen molar-refractivity contribution < 1.29 is 22.7 Å². The fourth-order valence-corrected chi connectivity index (χ4v) is 2.94. The van der Waals surface area contributed by atoms with Crippen LogP contribution in [0.15, 0.2) is 61.2 Å². The molecule has 0 fully saturated rings. The second-order valence-corrected chi connectivity index (χ2v) is 6.74. The van der Waals surface area contributed by atoms with Crippen LogP contribution in [0.3, 0.4) is 0 Å². The molecule has 4 rings (SSSR count). The van der Waals surface area contributed by atoms with Crippen molar-refractivity contribution in [2.24, 2.45) is 7.05 Å². The lowest BCUT2D eigenvalue weighted by atomic mass is 10.2. The van der Waals surface area contributed by atoms with Crippen molar-refractivity contribution in [2.45, 2.75) is 12.6 Å². The zero-order valence-corrected chi connectivity index (χ0v) is 16.2. The van der Waals surface area contributed by atoms with Crippen LogP contribution in [0.2, 0.25) is 0 Å². The predicted molar refractivity (Wildman–Crippen MR) is 107 cm³/mol. The van der Waals surface area contributed by atoms with Gasteiger partial charge in [0.05, 0.1) is 11.8 Å². The first kappa shape index (κ1) is 20.3. The fourth-order valence-electron chi connectivity index (χ4n) is 2.94. The minimum atomic E-state index is -4.51. The Morgan fingerprint density at radius 1 is 1.06 bits per heavy atom. The number of aryl methyl sites for hydroxylation is 1. The van der Waals surface area contributed by atoms with E-state index in [0.717, 1.165) is 23.3 Å². The first-order valence-corrected chi connectivity index (χ1v) is 9.15. The maximum atomic E-state index is 12.6. The zero-order valence-electron chi connectivity index (χ0n) is 16.2. The highest BCUT2D eigenvalue weighted by molar-refractivity contribution is 5.92. The summed E-state index contributed by atoms with van der Waals surface area (Å²) in [6, 6.07) is 10.6. The van der Waals surface area contributed by atoms with E-state index in [1.54, 1.807) is 24.3 Å². The number of rotatable bonds is 5. The molecule has 1 amide bonds. The van der Waals surface area contributed by atoms with Gasteiger partial charge in [0, 0.05) is 25.1 Å². The molecular formula is C21H16F3N5O2. The van der Waals surface area contributed by atoms with Gasteiger partial charge in [-0.15, -0.1) is 0 Å². The highest BCUT2D eigenvalue weighted by Gasteiger charge is 2.32. The van der Waals surface area contributed by atoms with Gasteiger partial charge in [0.15, 0.2) is 0 Å². The lowest BCUT2D eigenvalue weighted by Gasteiger charge is -2.09. The van der Waals surface area contributed by atoms with Crippen LogP contribution in [0.25, 0.3) is 11.0 Å². The fraction of sp³-hybridized carbons (Fsp3) is 0.143. The van der Waals surface area contributed by atoms with Crippen LogP contribution in [0, 0.1) is 0 Å². The average Bonchev–Trinajstić information content (AvgIpc) is 3.11. The summed E-state index contributed by atoms with van der Waals surface area (Å²) in [4.78, 5) is 23.9. The number of benzene rings is 1. The number of halogens is 3. The number of nitrogens with zero attached hydrogens (tertiary/aromatic N) is 4. The van der Waals surface area contributed by atoms with E-state index in [2.05, 4.69) is 20.3 Å². The molecule has 0 aliphatic rings. The van der Waals surface area contributed by atoms with E-state index in [1.807, 2.05) is 23.9 Å². The number of carbonyl (C=O) groups is 1. The number of fused-ring (bicyclic) bond motifs is 1. The second-order valence-electron chi connectivity index (χ2n) is 6.74. The Kier molecular flexibility index (Phi) is 5.28. The summed E-state index contributed by atoms with van der Waals surface area (Å²) >= 11 is 0. The van der Waals surface area contributed by atoms with Gasteiger partial charge in [-0.3, -0.25) is 9.78 Å². The summed E-state index contributed by atoms with van der Waals surface area (Å²) in [6.07, 6.45) is -0.288. The van der Waals surface area contributed by atoms with E-state index in [0.29, 0.717) is 22.9 Å². The first-order valence-electron chi connectivity index (χ1n) is 9.15. The Balaban J connectivity index is 1.38. The third-order valence-electron chi connectivity index (χ3n) is 4.46. The van der Waals surface area contributed by atoms with Gasteiger partial charge in [-0.2, -0.15) is 13.2 Å². The molecule has 1 N–H and O–H groups in total. The Hall–Kier alpha value is -3.95. The maximum absolute atomic E-state index is 12.6. The Bertz CT molecular complexity index is 1220. The lowest BCUT2D eigenvalue weighted by Crippen LogP contribution is -2.15. The van der Waals surface area contributed by atoms with Gasteiger partial charge >= 0.3 is 6.18 Å². The van der Waals surface area contributed by atoms with Crippen molar-refractivity contribution in [2.75, 3.05) is 5.32 Å². The predicted octanol–water partition coefficient (Wildman–Crippen LogP) is 4.36. The molecule has 0 radical (unpaired) electrons. The van der Waals surface area contributed by atoms with E-state index in [1.165, 1.54) is 12.4 Å². The van der Waals surface area contributed by atoms with Crippen LogP contribution in [0.1, 0.15) is 11.3 Å². The highest BCUT2D eigenvalue weighted by atomic mass is 19.4. The van der Waals surface area contributed by atoms with Crippen LogP contribution in [0.5, 0.6) is 11.6 Å². The quantitative estimate of drug-likeness (QED) is 0.512. The molecule has 0 bridgehead atoms. The van der Waals surface area contributed by atoms with Crippen molar-refractivity contribution in [3.8, 4) is 11.6 Å². The first-order chi connectivity index (χ1) is 14.8. The molecule has 0 spiro atoms. The third-order valence-corrected chi connectivity index (χ3v) is 4.46. The largest absolute Gasteiger partial charge is 0.438 e. The molecule has 4 aromatic rings. The number of pyridine rings is 1. The van der Waals surface area contributed by atoms with Crippen molar-refractivity contribution in [1.82, 2.24) is 19.5 Å². The van der Waals surface area contributed by atoms with Crippen LogP contribution < -0.4 is 10.1 Å². The van der Waals surface area contributed by atoms with Crippen LogP contribution in [-0.4, -0.2) is 25.4 Å². The van der Waals surface area contributed by atoms with E-state index >= 15 is 0 Å². The summed E-state index contributed by atoms with van der Waals surface area (Å²) in [5, 5.41) is 3.46. The normalized spacial score (nSPS) is 11.5. The standard InChI is InChI=1S/C21H16F3N5O2/c1-29-9-8-16-19(29)26-12-27-20(16)31-15-5-3-14(4-6-15)28-18(30)10-13-2-7-17(25-11-13)21(22,23)24/h2-9,11-12H,10H2,1H3,(H,28,30). The molecule has 3 aromatic heterocycles. The maximum Gasteiger partial charge on any atom is 0.433 e. The Labute approximate surface area is 174 Å². The molecule has 3 heterocycles. The number of carbonyl (C=O) groups excluding carboxylic acids is 1.